The Balaban J connectivity index is 2.98. The van der Waals surface area contributed by atoms with Crippen molar-refractivity contribution in [3.05, 3.63) is 0 Å². The third kappa shape index (κ3) is 17.9. The van der Waals surface area contributed by atoms with Gasteiger partial charge in [-0.25, -0.2) is 0 Å². The second-order valence-corrected chi connectivity index (χ2v) is 6.51. The fourth-order valence-electron chi connectivity index (χ4n) is 2.52. The summed E-state index contributed by atoms with van der Waals surface area (Å²) in [5.74, 6) is -0.148. The Bertz CT molecular complexity index is 219. The van der Waals surface area contributed by atoms with Crippen LogP contribution in [-0.2, 0) is 9.53 Å². The van der Waals surface area contributed by atoms with Gasteiger partial charge in [0.15, 0.2) is 0 Å². The number of carbonyl (C=O) groups excluding carboxylic acids is 1. The van der Waals surface area contributed by atoms with Gasteiger partial charge in [-0.1, -0.05) is 106 Å². The van der Waals surface area contributed by atoms with E-state index in [-0.39, 0.29) is 5.97 Å². The molecule has 126 valence electrons. The van der Waals surface area contributed by atoms with Gasteiger partial charge in [0.2, 0.25) is 0 Å². The highest BCUT2D eigenvalue weighted by Gasteiger charge is 1.98. The van der Waals surface area contributed by atoms with Crippen LogP contribution in [0.2, 0.25) is 0 Å². The van der Waals surface area contributed by atoms with Crippen LogP contribution in [0.15, 0.2) is 0 Å². The molecule has 0 aromatic rings. The van der Waals surface area contributed by atoms with Gasteiger partial charge in [0, 0.05) is 0 Å². The van der Waals surface area contributed by atoms with Gasteiger partial charge >= 0.3 is 5.97 Å². The highest BCUT2D eigenvalue weighted by atomic mass is 79.9. The summed E-state index contributed by atoms with van der Waals surface area (Å²) in [6.45, 7) is 2.86. The van der Waals surface area contributed by atoms with Crippen molar-refractivity contribution in [3.63, 3.8) is 0 Å². The van der Waals surface area contributed by atoms with Crippen molar-refractivity contribution >= 4 is 21.9 Å². The molecule has 0 spiro atoms. The highest BCUT2D eigenvalue weighted by molar-refractivity contribution is 9.09. The molecule has 0 amide bonds. The van der Waals surface area contributed by atoms with Gasteiger partial charge in [-0.3, -0.25) is 4.79 Å². The number of ether oxygens (including phenoxy) is 1. The molecule has 0 saturated heterocycles. The Labute approximate surface area is 140 Å². The van der Waals surface area contributed by atoms with Crippen LogP contribution in [0.4, 0.5) is 0 Å². The van der Waals surface area contributed by atoms with E-state index >= 15 is 0 Å². The maximum Gasteiger partial charge on any atom is 0.316 e. The number of rotatable bonds is 16. The molecular weight excluding hydrogens is 328 g/mol. The van der Waals surface area contributed by atoms with Crippen molar-refractivity contribution in [2.75, 3.05) is 11.9 Å². The molecule has 21 heavy (non-hydrogen) atoms. The van der Waals surface area contributed by atoms with Crippen molar-refractivity contribution in [1.82, 2.24) is 0 Å². The molecule has 0 fully saturated rings. The van der Waals surface area contributed by atoms with Crippen molar-refractivity contribution in [2.45, 2.75) is 96.8 Å². The van der Waals surface area contributed by atoms with Crippen LogP contribution in [0.1, 0.15) is 96.8 Å². The summed E-state index contributed by atoms with van der Waals surface area (Å²) >= 11 is 3.08. The van der Waals surface area contributed by atoms with Crippen LogP contribution < -0.4 is 0 Å². The van der Waals surface area contributed by atoms with Gasteiger partial charge in [0.1, 0.15) is 5.33 Å². The van der Waals surface area contributed by atoms with Crippen LogP contribution in [0.25, 0.3) is 0 Å². The lowest BCUT2D eigenvalue weighted by atomic mass is 10.0. The SMILES string of the molecule is CCCCCCCCCCCCCCCCOC(=O)CBr. The van der Waals surface area contributed by atoms with Gasteiger partial charge in [-0.05, 0) is 6.42 Å². The summed E-state index contributed by atoms with van der Waals surface area (Å²) in [6.07, 6.45) is 18.9. The Morgan fingerprint density at radius 1 is 0.714 bits per heavy atom. The molecule has 0 saturated carbocycles. The van der Waals surface area contributed by atoms with Crippen molar-refractivity contribution < 1.29 is 9.53 Å². The molecule has 0 aliphatic rings. The van der Waals surface area contributed by atoms with Crippen LogP contribution in [-0.4, -0.2) is 17.9 Å². The minimum Gasteiger partial charge on any atom is -0.465 e. The Kier molecular flexibility index (Phi) is 18.0. The highest BCUT2D eigenvalue weighted by Crippen LogP contribution is 2.12. The molecule has 0 N–H and O–H groups in total. The predicted molar refractivity (Wildman–Crippen MR) is 95.1 cm³/mol. The zero-order valence-electron chi connectivity index (χ0n) is 14.0. The van der Waals surface area contributed by atoms with E-state index in [9.17, 15) is 4.79 Å². The average Bonchev–Trinajstić information content (AvgIpc) is 2.50. The Hall–Kier alpha value is -0.0500. The van der Waals surface area contributed by atoms with Gasteiger partial charge in [-0.2, -0.15) is 0 Å². The van der Waals surface area contributed by atoms with E-state index in [1.54, 1.807) is 0 Å². The van der Waals surface area contributed by atoms with Gasteiger partial charge < -0.3 is 4.74 Å². The largest absolute Gasteiger partial charge is 0.465 e. The second-order valence-electron chi connectivity index (χ2n) is 5.95. The monoisotopic (exact) mass is 362 g/mol. The van der Waals surface area contributed by atoms with E-state index in [1.165, 1.54) is 83.5 Å². The lowest BCUT2D eigenvalue weighted by Gasteiger charge is -2.04. The van der Waals surface area contributed by atoms with Crippen molar-refractivity contribution in [1.29, 1.82) is 0 Å². The molecule has 0 aliphatic carbocycles. The van der Waals surface area contributed by atoms with Crippen LogP contribution in [0, 0.1) is 0 Å². The quantitative estimate of drug-likeness (QED) is 0.180. The van der Waals surface area contributed by atoms with Crippen molar-refractivity contribution in [3.8, 4) is 0 Å². The molecule has 0 aromatic heterocycles. The summed E-state index contributed by atoms with van der Waals surface area (Å²) in [4.78, 5) is 10.9. The fourth-order valence-corrected chi connectivity index (χ4v) is 2.68. The van der Waals surface area contributed by atoms with Gasteiger partial charge in [-0.15, -0.1) is 0 Å². The third-order valence-corrected chi connectivity index (χ3v) is 4.33. The predicted octanol–water partition coefficient (Wildman–Crippen LogP) is 6.41. The minimum atomic E-state index is -0.148. The number of hydrogen-bond acceptors (Lipinski definition) is 2. The Morgan fingerprint density at radius 3 is 1.48 bits per heavy atom. The molecule has 0 radical (unpaired) electrons. The number of hydrogen-bond donors (Lipinski definition) is 0. The molecule has 0 aromatic carbocycles. The topological polar surface area (TPSA) is 26.3 Å². The average molecular weight is 363 g/mol. The van der Waals surface area contributed by atoms with Crippen LogP contribution in [0.3, 0.4) is 0 Å². The normalized spacial score (nSPS) is 10.8. The zero-order chi connectivity index (χ0) is 15.6. The third-order valence-electron chi connectivity index (χ3n) is 3.87. The first-order chi connectivity index (χ1) is 10.3. The molecular formula is C18H35BrO2. The maximum absolute atomic E-state index is 10.9. The molecule has 3 heteroatoms. The van der Waals surface area contributed by atoms with E-state index in [4.69, 9.17) is 4.74 Å². The number of unbranched alkanes of at least 4 members (excludes halogenated alkanes) is 13. The van der Waals surface area contributed by atoms with E-state index in [0.29, 0.717) is 11.9 Å². The first-order valence-corrected chi connectivity index (χ1v) is 10.1. The summed E-state index contributed by atoms with van der Waals surface area (Å²) < 4.78 is 5.01. The molecule has 0 heterocycles. The standard InChI is InChI=1S/C18H35BrO2/c1-2-3-4-5-6-7-8-9-10-11-12-13-14-15-16-21-18(20)17-19/h2-17H2,1H3. The van der Waals surface area contributed by atoms with Crippen molar-refractivity contribution in [2.24, 2.45) is 0 Å². The Morgan fingerprint density at radius 2 is 1.10 bits per heavy atom. The molecule has 0 aliphatic heterocycles. The smallest absolute Gasteiger partial charge is 0.316 e. The molecule has 0 rings (SSSR count). The lowest BCUT2D eigenvalue weighted by Crippen LogP contribution is -2.06. The lowest BCUT2D eigenvalue weighted by molar-refractivity contribution is -0.140. The van der Waals surface area contributed by atoms with E-state index in [1.807, 2.05) is 0 Å². The van der Waals surface area contributed by atoms with Gasteiger partial charge in [0.05, 0.1) is 6.61 Å². The van der Waals surface area contributed by atoms with E-state index < -0.39 is 0 Å². The first-order valence-electron chi connectivity index (χ1n) is 9.02. The summed E-state index contributed by atoms with van der Waals surface area (Å²) in [7, 11) is 0. The summed E-state index contributed by atoms with van der Waals surface area (Å²) in [6, 6.07) is 0. The van der Waals surface area contributed by atoms with E-state index in [0.717, 1.165) is 6.42 Å². The minimum absolute atomic E-state index is 0.148. The molecule has 0 bridgehead atoms. The number of alkyl halides is 1. The number of carbonyl (C=O) groups is 1. The summed E-state index contributed by atoms with van der Waals surface area (Å²) in [5.41, 5.74) is 0. The van der Waals surface area contributed by atoms with Gasteiger partial charge in [0.25, 0.3) is 0 Å². The zero-order valence-corrected chi connectivity index (χ0v) is 15.6. The maximum atomic E-state index is 10.9. The van der Waals surface area contributed by atoms with E-state index in [2.05, 4.69) is 22.9 Å². The summed E-state index contributed by atoms with van der Waals surface area (Å²) in [5, 5.41) is 0.311. The number of esters is 1. The van der Waals surface area contributed by atoms with Crippen LogP contribution in [0.5, 0.6) is 0 Å². The molecule has 0 unspecified atom stereocenters. The molecule has 2 nitrogen and oxygen atoms in total. The molecule has 0 atom stereocenters. The second kappa shape index (κ2) is 18.0. The fraction of sp³-hybridized carbons (Fsp3) is 0.944. The number of halogens is 1. The first kappa shape index (κ1) is 20.9. The van der Waals surface area contributed by atoms with Crippen LogP contribution >= 0.6 is 15.9 Å².